The minimum atomic E-state index is -3.97. The molecule has 0 aliphatic carbocycles. The number of sulfonamides is 1. The van der Waals surface area contributed by atoms with Gasteiger partial charge in [-0.05, 0) is 49.2 Å². The van der Waals surface area contributed by atoms with Crippen molar-refractivity contribution in [3.8, 4) is 17.3 Å². The zero-order valence-corrected chi connectivity index (χ0v) is 22.5. The van der Waals surface area contributed by atoms with Gasteiger partial charge in [-0.25, -0.2) is 8.42 Å². The molecule has 0 aliphatic rings. The van der Waals surface area contributed by atoms with Crippen LogP contribution in [-0.2, 0) is 19.6 Å². The molecule has 0 spiro atoms. The molecule has 0 saturated heterocycles. The van der Waals surface area contributed by atoms with Crippen LogP contribution in [-0.4, -0.2) is 38.4 Å². The molecule has 0 fully saturated rings. The molecule has 0 bridgehead atoms. The molecule has 1 amide bonds. The number of aromatic nitrogens is 1. The van der Waals surface area contributed by atoms with Crippen LogP contribution in [0.4, 0.5) is 5.69 Å². The average molecular weight is 547 g/mol. The third kappa shape index (κ3) is 5.67. The van der Waals surface area contributed by atoms with Crippen molar-refractivity contribution < 1.29 is 27.2 Å². The quantitative estimate of drug-likeness (QED) is 0.309. The largest absolute Gasteiger partial charge is 0.468 e. The number of nitriles is 1. The molecule has 0 saturated carbocycles. The standard InChI is InChI=1S/C28H26N4O6S/c1-16(2)25(28(34)37-4)32-39(35,36)21-11-8-18(9-12-21)22-13-10-20(15-30-22)31-27(33)26-17(3)24-19(14-29)6-5-7-23(24)38-26/h5-13,15-16,25,32H,1-4H3,(H,31,33)/t25-/m0/s1. The Morgan fingerprint density at radius 3 is 2.38 bits per heavy atom. The van der Waals surface area contributed by atoms with Gasteiger partial charge in [0.05, 0.1) is 41.2 Å². The second kappa shape index (κ2) is 11.1. The second-order valence-corrected chi connectivity index (χ2v) is 10.8. The number of nitrogens with one attached hydrogen (secondary N) is 2. The highest BCUT2D eigenvalue weighted by atomic mass is 32.2. The van der Waals surface area contributed by atoms with Crippen molar-refractivity contribution in [1.82, 2.24) is 9.71 Å². The van der Waals surface area contributed by atoms with E-state index in [-0.39, 0.29) is 16.6 Å². The molecular weight excluding hydrogens is 520 g/mol. The highest BCUT2D eigenvalue weighted by molar-refractivity contribution is 7.89. The van der Waals surface area contributed by atoms with Crippen LogP contribution >= 0.6 is 0 Å². The van der Waals surface area contributed by atoms with E-state index in [0.29, 0.717) is 39.0 Å². The lowest BCUT2D eigenvalue weighted by Crippen LogP contribution is -2.44. The van der Waals surface area contributed by atoms with Gasteiger partial charge in [0.1, 0.15) is 11.6 Å². The van der Waals surface area contributed by atoms with Crippen molar-refractivity contribution in [3.05, 3.63) is 77.7 Å². The molecule has 2 N–H and O–H groups in total. The Morgan fingerprint density at radius 2 is 1.79 bits per heavy atom. The predicted octanol–water partition coefficient (Wildman–Crippen LogP) is 4.40. The molecule has 4 rings (SSSR count). The molecule has 0 unspecified atom stereocenters. The topological polar surface area (TPSA) is 151 Å². The summed E-state index contributed by atoms with van der Waals surface area (Å²) in [5.74, 6) is -1.34. The lowest BCUT2D eigenvalue weighted by molar-refractivity contribution is -0.143. The molecular formula is C28H26N4O6S. The molecule has 0 aliphatic heterocycles. The summed E-state index contributed by atoms with van der Waals surface area (Å²) >= 11 is 0. The van der Waals surface area contributed by atoms with Crippen molar-refractivity contribution in [2.75, 3.05) is 12.4 Å². The number of benzene rings is 2. The number of ether oxygens (including phenoxy) is 1. The number of methoxy groups -OCH3 is 1. The number of amides is 1. The summed E-state index contributed by atoms with van der Waals surface area (Å²) in [6, 6.07) is 15.5. The maximum Gasteiger partial charge on any atom is 0.324 e. The van der Waals surface area contributed by atoms with E-state index in [2.05, 4.69) is 21.1 Å². The van der Waals surface area contributed by atoms with Gasteiger partial charge in [0.2, 0.25) is 10.0 Å². The van der Waals surface area contributed by atoms with Crippen LogP contribution < -0.4 is 10.0 Å². The number of nitrogens with zero attached hydrogens (tertiary/aromatic N) is 2. The predicted molar refractivity (Wildman–Crippen MR) is 144 cm³/mol. The minimum Gasteiger partial charge on any atom is -0.468 e. The number of furan rings is 1. The summed E-state index contributed by atoms with van der Waals surface area (Å²) in [5.41, 5.74) is 3.08. The van der Waals surface area contributed by atoms with Gasteiger partial charge < -0.3 is 14.5 Å². The number of carbonyl (C=O) groups excluding carboxylic acids is 2. The third-order valence-electron chi connectivity index (χ3n) is 6.17. The highest BCUT2D eigenvalue weighted by Gasteiger charge is 2.29. The number of carbonyl (C=O) groups is 2. The summed E-state index contributed by atoms with van der Waals surface area (Å²) in [6.07, 6.45) is 1.47. The summed E-state index contributed by atoms with van der Waals surface area (Å²) < 4.78 is 38.4. The third-order valence-corrected chi connectivity index (χ3v) is 7.62. The molecule has 2 aromatic carbocycles. The van der Waals surface area contributed by atoms with Crippen molar-refractivity contribution >= 4 is 38.6 Å². The molecule has 1 atom stereocenters. The second-order valence-electron chi connectivity index (χ2n) is 9.12. The van der Waals surface area contributed by atoms with E-state index < -0.39 is 27.9 Å². The molecule has 2 heterocycles. The number of esters is 1. The Kier molecular flexibility index (Phi) is 7.80. The van der Waals surface area contributed by atoms with Gasteiger partial charge in [0.15, 0.2) is 5.76 Å². The highest BCUT2D eigenvalue weighted by Crippen LogP contribution is 2.29. The van der Waals surface area contributed by atoms with E-state index in [9.17, 15) is 23.3 Å². The van der Waals surface area contributed by atoms with Crippen molar-refractivity contribution in [2.45, 2.75) is 31.7 Å². The molecule has 11 heteroatoms. The normalized spacial score (nSPS) is 12.2. The molecule has 39 heavy (non-hydrogen) atoms. The van der Waals surface area contributed by atoms with Crippen LogP contribution in [0, 0.1) is 24.2 Å². The first-order valence-electron chi connectivity index (χ1n) is 12.0. The van der Waals surface area contributed by atoms with Crippen molar-refractivity contribution in [1.29, 1.82) is 5.26 Å². The van der Waals surface area contributed by atoms with E-state index in [1.165, 1.54) is 25.4 Å². The van der Waals surface area contributed by atoms with Crippen molar-refractivity contribution in [2.24, 2.45) is 5.92 Å². The summed E-state index contributed by atoms with van der Waals surface area (Å²) in [5, 5.41) is 12.7. The number of hydrogen-bond acceptors (Lipinski definition) is 8. The molecule has 0 radical (unpaired) electrons. The van der Waals surface area contributed by atoms with E-state index in [4.69, 9.17) is 9.15 Å². The first kappa shape index (κ1) is 27.5. The van der Waals surface area contributed by atoms with Gasteiger partial charge in [0, 0.05) is 16.5 Å². The van der Waals surface area contributed by atoms with Gasteiger partial charge in [-0.1, -0.05) is 32.0 Å². The Labute approximate surface area is 225 Å². The number of rotatable bonds is 8. The maximum atomic E-state index is 12.9. The van der Waals surface area contributed by atoms with E-state index in [1.54, 1.807) is 63.2 Å². The van der Waals surface area contributed by atoms with E-state index >= 15 is 0 Å². The summed E-state index contributed by atoms with van der Waals surface area (Å²) in [4.78, 5) is 29.2. The van der Waals surface area contributed by atoms with Crippen LogP contribution in [0.2, 0.25) is 0 Å². The van der Waals surface area contributed by atoms with Gasteiger partial charge in [-0.15, -0.1) is 0 Å². The SMILES string of the molecule is COC(=O)[C@@H](NS(=O)(=O)c1ccc(-c2ccc(NC(=O)c3oc4cccc(C#N)c4c3C)cn2)cc1)C(C)C. The van der Waals surface area contributed by atoms with Crippen LogP contribution in [0.3, 0.4) is 0 Å². The average Bonchev–Trinajstić information content (AvgIpc) is 3.28. The van der Waals surface area contributed by atoms with Crippen LogP contribution in [0.1, 0.15) is 35.5 Å². The molecule has 2 aromatic heterocycles. The van der Waals surface area contributed by atoms with Crippen LogP contribution in [0.25, 0.3) is 22.2 Å². The van der Waals surface area contributed by atoms with Gasteiger partial charge >= 0.3 is 5.97 Å². The maximum absolute atomic E-state index is 12.9. The smallest absolute Gasteiger partial charge is 0.324 e. The number of fused-ring (bicyclic) bond motifs is 1. The number of hydrogen-bond donors (Lipinski definition) is 2. The van der Waals surface area contributed by atoms with Gasteiger partial charge in [0.25, 0.3) is 5.91 Å². The fraction of sp³-hybridized carbons (Fsp3) is 0.214. The summed E-state index contributed by atoms with van der Waals surface area (Å²) in [7, 11) is -2.76. The van der Waals surface area contributed by atoms with Gasteiger partial charge in [-0.3, -0.25) is 14.6 Å². The number of anilines is 1. The molecule has 200 valence electrons. The zero-order chi connectivity index (χ0) is 28.3. The molecule has 10 nitrogen and oxygen atoms in total. The number of aryl methyl sites for hydroxylation is 1. The summed E-state index contributed by atoms with van der Waals surface area (Å²) in [6.45, 7) is 5.15. The first-order valence-corrected chi connectivity index (χ1v) is 13.4. The Morgan fingerprint density at radius 1 is 1.08 bits per heavy atom. The van der Waals surface area contributed by atoms with Gasteiger partial charge in [-0.2, -0.15) is 9.98 Å². The monoisotopic (exact) mass is 546 g/mol. The fourth-order valence-electron chi connectivity index (χ4n) is 4.06. The van der Waals surface area contributed by atoms with Crippen molar-refractivity contribution in [3.63, 3.8) is 0 Å². The molecule has 4 aromatic rings. The van der Waals surface area contributed by atoms with E-state index in [1.807, 2.05) is 0 Å². The fourth-order valence-corrected chi connectivity index (χ4v) is 5.40. The lowest BCUT2D eigenvalue weighted by atomic mass is 10.1. The Bertz CT molecular complexity index is 1690. The first-order chi connectivity index (χ1) is 18.6. The minimum absolute atomic E-state index is 0.00885. The Hall–Kier alpha value is -4.53. The van der Waals surface area contributed by atoms with Crippen LogP contribution in [0.5, 0.6) is 0 Å². The Balaban J connectivity index is 1.48. The zero-order valence-electron chi connectivity index (χ0n) is 21.7. The van der Waals surface area contributed by atoms with Crippen LogP contribution in [0.15, 0.2) is 70.1 Å². The van der Waals surface area contributed by atoms with E-state index in [0.717, 1.165) is 0 Å². The number of pyridine rings is 1. The lowest BCUT2D eigenvalue weighted by Gasteiger charge is -2.19.